The zero-order valence-electron chi connectivity index (χ0n) is 3.47. The van der Waals surface area contributed by atoms with Gasteiger partial charge in [-0.15, -0.1) is 0 Å². The van der Waals surface area contributed by atoms with Gasteiger partial charge in [0, 0.05) is 0 Å². The summed E-state index contributed by atoms with van der Waals surface area (Å²) in [5.41, 5.74) is 0. The van der Waals surface area contributed by atoms with Crippen molar-refractivity contribution in [2.45, 2.75) is 0 Å². The summed E-state index contributed by atoms with van der Waals surface area (Å²) >= 11 is -1.82. The molecule has 0 aromatic carbocycles. The van der Waals surface area contributed by atoms with E-state index in [-0.39, 0.29) is 0 Å². The first-order valence-corrected chi connectivity index (χ1v) is 2.16. The Hall–Kier alpha value is -0.930. The Morgan fingerprint density at radius 1 is 1.83 bits per heavy atom. The van der Waals surface area contributed by atoms with E-state index in [1.807, 2.05) is 0 Å². The van der Waals surface area contributed by atoms with E-state index in [2.05, 4.69) is 4.72 Å². The molecule has 0 saturated heterocycles. The fraction of sp³-hybridized carbons (Fsp3) is 1.00. The quantitative estimate of drug-likeness (QED) is 0.609. The molecule has 0 amide bonds. The van der Waals surface area contributed by atoms with Gasteiger partial charge in [-0.1, -0.05) is 0 Å². The minimum absolute atomic E-state index is 0. The van der Waals surface area contributed by atoms with E-state index in [4.69, 9.17) is 4.55 Å². The van der Waals surface area contributed by atoms with E-state index in [1.165, 1.54) is 7.05 Å². The predicted octanol–water partition coefficient (Wildman–Crippen LogP) is -0.657. The number of rotatable bonds is 1. The normalized spacial score (nSPS) is 12.3. The van der Waals surface area contributed by atoms with E-state index in [9.17, 15) is 4.21 Å². The van der Waals surface area contributed by atoms with Crippen molar-refractivity contribution in [1.29, 1.82) is 0 Å². The summed E-state index contributed by atoms with van der Waals surface area (Å²) in [6.45, 7) is 0. The Labute approximate surface area is 32.8 Å². The van der Waals surface area contributed by atoms with Crippen LogP contribution in [0, 0.1) is 0 Å². The summed E-state index contributed by atoms with van der Waals surface area (Å²) in [4.78, 5) is 0. The van der Waals surface area contributed by atoms with Crippen LogP contribution < -0.4 is 4.72 Å². The van der Waals surface area contributed by atoms with Crippen LogP contribution in [0.5, 0.6) is 0 Å². The molecule has 3 nitrogen and oxygen atoms in total. The Balaban J connectivity index is 0. The molecule has 0 heterocycles. The summed E-state index contributed by atoms with van der Waals surface area (Å²) in [5, 5.41) is 0. The first-order chi connectivity index (χ1) is 2.27. The Morgan fingerprint density at radius 2 is 2.00 bits per heavy atom. The molecule has 0 fully saturated rings. The third-order valence-electron chi connectivity index (χ3n) is 0.175. The molecule has 5 heteroatoms. The van der Waals surface area contributed by atoms with Crippen molar-refractivity contribution >= 4 is 11.3 Å². The predicted molar refractivity (Wildman–Crippen MR) is 19.8 cm³/mol. The van der Waals surface area contributed by atoms with Crippen molar-refractivity contribution in [3.8, 4) is 0 Å². The summed E-state index contributed by atoms with van der Waals surface area (Å²) in [5.74, 6) is 0. The van der Waals surface area contributed by atoms with Gasteiger partial charge in [0.25, 0.3) is 0 Å². The van der Waals surface area contributed by atoms with Crippen molar-refractivity contribution in [3.05, 3.63) is 0 Å². The van der Waals surface area contributed by atoms with Gasteiger partial charge in [-0.25, -0.2) is 8.93 Å². The van der Waals surface area contributed by atoms with E-state index < -0.39 is 11.3 Å². The molecule has 0 spiro atoms. The molecular formula is CH5NO2RfS. The molecular weight excluding hydrogens is 357 g/mol. The summed E-state index contributed by atoms with van der Waals surface area (Å²) < 4.78 is 19.1. The van der Waals surface area contributed by atoms with Crippen LogP contribution in [-0.4, -0.2) is 15.8 Å². The number of hydrogen-bond acceptors (Lipinski definition) is 1. The largest absolute Gasteiger partial charge is 0.294 e. The second-order valence-electron chi connectivity index (χ2n) is 0.453. The fourth-order valence-electron chi connectivity index (χ4n) is 0. The molecule has 0 aromatic heterocycles. The zero-order chi connectivity index (χ0) is 4.28. The van der Waals surface area contributed by atoms with Crippen LogP contribution in [0.15, 0.2) is 0 Å². The van der Waals surface area contributed by atoms with Crippen LogP contribution >= 0.6 is 0 Å². The zero-order valence-corrected chi connectivity index (χ0v) is 10.7. The second kappa shape index (κ2) is 4.07. The first kappa shape index (κ1) is 8.91. The molecule has 1 unspecified atom stereocenters. The average molecular weight is 362 g/mol. The molecule has 0 aromatic rings. The third kappa shape index (κ3) is 11.5. The molecule has 0 aliphatic heterocycles. The SMILES string of the molecule is CNS(=O)O.[Rf]. The summed E-state index contributed by atoms with van der Waals surface area (Å²) in [7, 11) is 1.40. The molecule has 0 aliphatic carbocycles. The minimum atomic E-state index is -1.82. The molecule has 0 aliphatic rings. The van der Waals surface area contributed by atoms with Gasteiger partial charge in [0.15, 0.2) is 0 Å². The third-order valence-corrected chi connectivity index (χ3v) is 0.524. The molecule has 0 rings (SSSR count). The van der Waals surface area contributed by atoms with Crippen molar-refractivity contribution in [1.82, 2.24) is 4.72 Å². The smallest absolute Gasteiger partial charge is 0.231 e. The van der Waals surface area contributed by atoms with Crippen molar-refractivity contribution in [3.63, 3.8) is 0 Å². The van der Waals surface area contributed by atoms with Gasteiger partial charge < -0.3 is 0 Å². The van der Waals surface area contributed by atoms with Crippen molar-refractivity contribution in [2.24, 2.45) is 0 Å². The fourth-order valence-corrected chi connectivity index (χ4v) is 0. The van der Waals surface area contributed by atoms with Gasteiger partial charge in [-0.05, 0) is 7.05 Å². The minimum Gasteiger partial charge on any atom is -0.294 e. The monoisotopic (exact) mass is 362 g/mol. The molecule has 2 N–H and O–H groups in total. The second-order valence-corrected chi connectivity index (χ2v) is 1.36. The van der Waals surface area contributed by atoms with Crippen LogP contribution in [0.4, 0.5) is 0 Å². The van der Waals surface area contributed by atoms with Gasteiger partial charge in [0.2, 0.25) is 11.3 Å². The topological polar surface area (TPSA) is 49.3 Å². The van der Waals surface area contributed by atoms with Gasteiger partial charge in [0.1, 0.15) is 0 Å². The molecule has 0 bridgehead atoms. The Morgan fingerprint density at radius 3 is 2.00 bits per heavy atom. The van der Waals surface area contributed by atoms with Crippen molar-refractivity contribution in [2.75, 3.05) is 7.05 Å². The van der Waals surface area contributed by atoms with E-state index in [0.717, 1.165) is 0 Å². The van der Waals surface area contributed by atoms with E-state index >= 15 is 0 Å². The summed E-state index contributed by atoms with van der Waals surface area (Å²) in [6, 6.07) is 0. The van der Waals surface area contributed by atoms with Crippen LogP contribution in [0.3, 0.4) is 0 Å². The van der Waals surface area contributed by atoms with Gasteiger partial charge in [-0.3, -0.25) is 4.55 Å². The van der Waals surface area contributed by atoms with Crippen molar-refractivity contribution < 1.29 is 8.76 Å². The molecule has 6 heavy (non-hydrogen) atoms. The molecule has 34 valence electrons. The van der Waals surface area contributed by atoms with Crippen LogP contribution in [0.2, 0.25) is 0 Å². The van der Waals surface area contributed by atoms with E-state index in [1.54, 1.807) is 0 Å². The van der Waals surface area contributed by atoms with Crippen LogP contribution in [0.1, 0.15) is 0 Å². The summed E-state index contributed by atoms with van der Waals surface area (Å²) in [6.07, 6.45) is 0. The number of nitrogens with one attached hydrogen (secondary N) is 1. The van der Waals surface area contributed by atoms with E-state index in [0.29, 0.717) is 0 Å². The maximum atomic E-state index is 9.37. The molecule has 1 atom stereocenters. The average Bonchev–Trinajstić information content (AvgIpc) is 1.38. The van der Waals surface area contributed by atoms with Gasteiger partial charge in [-0.2, -0.15) is 0 Å². The molecule has 0 saturated carbocycles. The van der Waals surface area contributed by atoms with Crippen LogP contribution in [-0.2, 0) is 11.3 Å². The Bertz CT molecular complexity index is 48.8. The number of hydrogen-bond donors (Lipinski definition) is 2. The van der Waals surface area contributed by atoms with Gasteiger partial charge >= 0.3 is 0 Å². The van der Waals surface area contributed by atoms with Crippen LogP contribution in [0.25, 0.3) is 0 Å². The standard InChI is InChI=1S/CH5NO2S.Rf/c1-2-5(3)4;/h2H,1H3,(H,3,4);. The Kier molecular flexibility index (Phi) is 6.04. The first-order valence-electron chi connectivity index (χ1n) is 1.05. The maximum Gasteiger partial charge on any atom is 0.231 e. The molecule has 0 radical (unpaired) electrons. The maximum absolute atomic E-state index is 9.37. The van der Waals surface area contributed by atoms with Gasteiger partial charge in [0.05, 0.1) is 0 Å².